The molecule has 0 N–H and O–H groups in total. The van der Waals surface area contributed by atoms with Crippen molar-refractivity contribution in [3.8, 4) is 0 Å². The normalized spacial score (nSPS) is 12.6. The Morgan fingerprint density at radius 3 is 2.69 bits per heavy atom. The third-order valence-corrected chi connectivity index (χ3v) is 2.19. The predicted molar refractivity (Wildman–Crippen MR) is 59.5 cm³/mol. The maximum atomic E-state index is 13.1. The lowest BCUT2D eigenvalue weighted by Crippen LogP contribution is -2.29. The molecule has 1 atom stereocenters. The number of rotatable bonds is 4. The summed E-state index contributed by atoms with van der Waals surface area (Å²) in [7, 11) is 3.51. The summed E-state index contributed by atoms with van der Waals surface area (Å²) >= 11 is 0. The Hall–Kier alpha value is -1.42. The van der Waals surface area contributed by atoms with E-state index in [9.17, 15) is 9.18 Å². The van der Waals surface area contributed by atoms with Crippen LogP contribution in [0.3, 0.4) is 0 Å². The molecule has 0 saturated carbocycles. The number of ether oxygens (including phenoxy) is 1. The van der Waals surface area contributed by atoms with E-state index in [0.717, 1.165) is 0 Å². The minimum Gasteiger partial charge on any atom is -0.465 e. The summed E-state index contributed by atoms with van der Waals surface area (Å²) in [5, 5.41) is 0. The van der Waals surface area contributed by atoms with E-state index in [1.54, 1.807) is 38.1 Å². The van der Waals surface area contributed by atoms with Crippen LogP contribution in [0, 0.1) is 5.82 Å². The largest absolute Gasteiger partial charge is 0.465 e. The van der Waals surface area contributed by atoms with Gasteiger partial charge in [0, 0.05) is 0 Å². The average Bonchev–Trinajstić information content (AvgIpc) is 2.17. The molecule has 1 rings (SSSR count). The maximum Gasteiger partial charge on any atom is 0.327 e. The molecular weight excluding hydrogens is 209 g/mol. The molecule has 0 fully saturated rings. The second-order valence-corrected chi connectivity index (χ2v) is 3.67. The van der Waals surface area contributed by atoms with E-state index in [1.807, 2.05) is 0 Å². The standard InChI is InChI=1S/C12H16FNO2/c1-4-16-12(15)11(14(2)3)9-6-5-7-10(13)8-9/h5-8,11H,4H2,1-3H3. The molecule has 0 aliphatic carbocycles. The molecule has 1 unspecified atom stereocenters. The summed E-state index contributed by atoms with van der Waals surface area (Å²) in [4.78, 5) is 13.4. The van der Waals surface area contributed by atoms with Gasteiger partial charge in [-0.1, -0.05) is 12.1 Å². The number of halogens is 1. The molecule has 0 amide bonds. The molecule has 0 heterocycles. The third kappa shape index (κ3) is 3.03. The number of esters is 1. The van der Waals surface area contributed by atoms with Crippen LogP contribution in [0.25, 0.3) is 0 Å². The first-order chi connectivity index (χ1) is 7.56. The first-order valence-corrected chi connectivity index (χ1v) is 5.14. The van der Waals surface area contributed by atoms with Crippen molar-refractivity contribution in [2.75, 3.05) is 20.7 Å². The highest BCUT2D eigenvalue weighted by Crippen LogP contribution is 2.20. The fraction of sp³-hybridized carbons (Fsp3) is 0.417. The smallest absolute Gasteiger partial charge is 0.327 e. The van der Waals surface area contributed by atoms with Gasteiger partial charge in [-0.3, -0.25) is 4.90 Å². The molecule has 88 valence electrons. The molecule has 0 aromatic heterocycles. The van der Waals surface area contributed by atoms with E-state index in [4.69, 9.17) is 4.74 Å². The van der Waals surface area contributed by atoms with Crippen LogP contribution in [0.5, 0.6) is 0 Å². The molecule has 0 spiro atoms. The predicted octanol–water partition coefficient (Wildman–Crippen LogP) is 1.99. The van der Waals surface area contributed by atoms with Crippen LogP contribution in [0.2, 0.25) is 0 Å². The van der Waals surface area contributed by atoms with E-state index in [-0.39, 0.29) is 11.8 Å². The molecule has 1 aromatic rings. The van der Waals surface area contributed by atoms with Gasteiger partial charge in [-0.15, -0.1) is 0 Å². The molecule has 4 heteroatoms. The van der Waals surface area contributed by atoms with E-state index >= 15 is 0 Å². The second kappa shape index (κ2) is 5.61. The maximum absolute atomic E-state index is 13.1. The number of hydrogen-bond donors (Lipinski definition) is 0. The van der Waals surface area contributed by atoms with Crippen LogP contribution in [-0.4, -0.2) is 31.6 Å². The van der Waals surface area contributed by atoms with Crippen LogP contribution in [0.15, 0.2) is 24.3 Å². The van der Waals surface area contributed by atoms with Crippen LogP contribution in [-0.2, 0) is 9.53 Å². The van der Waals surface area contributed by atoms with Crippen molar-refractivity contribution in [3.05, 3.63) is 35.6 Å². The lowest BCUT2D eigenvalue weighted by molar-refractivity contribution is -0.148. The molecule has 1 aromatic carbocycles. The molecule has 3 nitrogen and oxygen atoms in total. The van der Waals surface area contributed by atoms with Crippen molar-refractivity contribution in [2.45, 2.75) is 13.0 Å². The van der Waals surface area contributed by atoms with Crippen molar-refractivity contribution < 1.29 is 13.9 Å². The van der Waals surface area contributed by atoms with Gasteiger partial charge in [0.15, 0.2) is 0 Å². The number of nitrogens with zero attached hydrogens (tertiary/aromatic N) is 1. The van der Waals surface area contributed by atoms with Gasteiger partial charge in [0.25, 0.3) is 0 Å². The first-order valence-electron chi connectivity index (χ1n) is 5.14. The fourth-order valence-electron chi connectivity index (χ4n) is 1.54. The van der Waals surface area contributed by atoms with Crippen LogP contribution < -0.4 is 0 Å². The van der Waals surface area contributed by atoms with E-state index < -0.39 is 6.04 Å². The first kappa shape index (κ1) is 12.6. The highest BCUT2D eigenvalue weighted by Gasteiger charge is 2.24. The van der Waals surface area contributed by atoms with Crippen molar-refractivity contribution in [3.63, 3.8) is 0 Å². The Morgan fingerprint density at radius 1 is 1.50 bits per heavy atom. The molecular formula is C12H16FNO2. The zero-order valence-electron chi connectivity index (χ0n) is 9.74. The van der Waals surface area contributed by atoms with Gasteiger partial charge in [0.1, 0.15) is 11.9 Å². The molecule has 0 bridgehead atoms. The van der Waals surface area contributed by atoms with Gasteiger partial charge in [-0.2, -0.15) is 0 Å². The quantitative estimate of drug-likeness (QED) is 0.734. The average molecular weight is 225 g/mol. The van der Waals surface area contributed by atoms with Gasteiger partial charge in [-0.05, 0) is 38.7 Å². The fourth-order valence-corrected chi connectivity index (χ4v) is 1.54. The van der Waals surface area contributed by atoms with Crippen LogP contribution in [0.4, 0.5) is 4.39 Å². The van der Waals surface area contributed by atoms with Crippen molar-refractivity contribution in [1.82, 2.24) is 4.90 Å². The number of hydrogen-bond acceptors (Lipinski definition) is 3. The second-order valence-electron chi connectivity index (χ2n) is 3.67. The van der Waals surface area contributed by atoms with Gasteiger partial charge in [0.05, 0.1) is 6.61 Å². The zero-order chi connectivity index (χ0) is 12.1. The van der Waals surface area contributed by atoms with Crippen molar-refractivity contribution in [2.24, 2.45) is 0 Å². The van der Waals surface area contributed by atoms with Gasteiger partial charge in [0.2, 0.25) is 0 Å². The zero-order valence-corrected chi connectivity index (χ0v) is 9.74. The Kier molecular flexibility index (Phi) is 4.43. The summed E-state index contributed by atoms with van der Waals surface area (Å²) in [6.07, 6.45) is 0. The summed E-state index contributed by atoms with van der Waals surface area (Å²) in [6, 6.07) is 5.43. The van der Waals surface area contributed by atoms with Gasteiger partial charge < -0.3 is 4.74 Å². The topological polar surface area (TPSA) is 29.5 Å². The number of benzene rings is 1. The molecule has 16 heavy (non-hydrogen) atoms. The van der Waals surface area contributed by atoms with Crippen LogP contribution >= 0.6 is 0 Å². The SMILES string of the molecule is CCOC(=O)C(c1cccc(F)c1)N(C)C. The van der Waals surface area contributed by atoms with E-state index in [0.29, 0.717) is 12.2 Å². The molecule has 0 saturated heterocycles. The Morgan fingerprint density at radius 2 is 2.19 bits per heavy atom. The summed E-state index contributed by atoms with van der Waals surface area (Å²) in [5.41, 5.74) is 0.600. The van der Waals surface area contributed by atoms with Crippen LogP contribution in [0.1, 0.15) is 18.5 Å². The van der Waals surface area contributed by atoms with E-state index in [2.05, 4.69) is 0 Å². The Balaban J connectivity index is 2.98. The van der Waals surface area contributed by atoms with Crippen molar-refractivity contribution >= 4 is 5.97 Å². The number of likely N-dealkylation sites (N-methyl/N-ethyl adjacent to an activating group) is 1. The lowest BCUT2D eigenvalue weighted by Gasteiger charge is -2.22. The molecule has 0 aliphatic rings. The van der Waals surface area contributed by atoms with Gasteiger partial charge in [-0.25, -0.2) is 9.18 Å². The Bertz CT molecular complexity index is 366. The minimum atomic E-state index is -0.560. The third-order valence-electron chi connectivity index (χ3n) is 2.19. The molecule has 0 radical (unpaired) electrons. The Labute approximate surface area is 94.8 Å². The number of carbonyl (C=O) groups excluding carboxylic acids is 1. The van der Waals surface area contributed by atoms with Crippen molar-refractivity contribution in [1.29, 1.82) is 0 Å². The minimum absolute atomic E-state index is 0.318. The summed E-state index contributed by atoms with van der Waals surface area (Å²) in [5.74, 6) is -0.716. The summed E-state index contributed by atoms with van der Waals surface area (Å²) in [6.45, 7) is 2.06. The number of carbonyl (C=O) groups is 1. The van der Waals surface area contributed by atoms with E-state index in [1.165, 1.54) is 12.1 Å². The highest BCUT2D eigenvalue weighted by molar-refractivity contribution is 5.77. The summed E-state index contributed by atoms with van der Waals surface area (Å²) < 4.78 is 18.0. The monoisotopic (exact) mass is 225 g/mol. The lowest BCUT2D eigenvalue weighted by atomic mass is 10.1. The molecule has 0 aliphatic heterocycles. The highest BCUT2D eigenvalue weighted by atomic mass is 19.1. The van der Waals surface area contributed by atoms with Gasteiger partial charge >= 0.3 is 5.97 Å².